The maximum atomic E-state index is 5.62. The lowest BCUT2D eigenvalue weighted by Gasteiger charge is -2.08. The molecule has 0 spiro atoms. The molecule has 0 amide bonds. The van der Waals surface area contributed by atoms with Gasteiger partial charge in [0.15, 0.2) is 0 Å². The first-order valence-corrected chi connectivity index (χ1v) is 7.61. The standard InChI is InChI=1S/C16H32O/c1-4-6-8-9-10-11-13-15-17-16(3)14-12-7-5-2/h3-15H2,1-2H3. The van der Waals surface area contributed by atoms with Gasteiger partial charge in [-0.05, 0) is 12.8 Å². The van der Waals surface area contributed by atoms with Gasteiger partial charge in [0, 0.05) is 6.42 Å². The normalized spacial score (nSPS) is 10.5. The van der Waals surface area contributed by atoms with Gasteiger partial charge in [-0.25, -0.2) is 0 Å². The third-order valence-corrected chi connectivity index (χ3v) is 3.11. The molecule has 0 aromatic carbocycles. The van der Waals surface area contributed by atoms with E-state index in [9.17, 15) is 0 Å². The van der Waals surface area contributed by atoms with Crippen molar-refractivity contribution in [3.05, 3.63) is 12.3 Å². The molecule has 0 saturated heterocycles. The Labute approximate surface area is 109 Å². The van der Waals surface area contributed by atoms with Crippen molar-refractivity contribution < 1.29 is 4.74 Å². The predicted molar refractivity (Wildman–Crippen MR) is 77.2 cm³/mol. The summed E-state index contributed by atoms with van der Waals surface area (Å²) >= 11 is 0. The van der Waals surface area contributed by atoms with Gasteiger partial charge in [0.1, 0.15) is 0 Å². The monoisotopic (exact) mass is 240 g/mol. The minimum Gasteiger partial charge on any atom is -0.499 e. The molecule has 102 valence electrons. The lowest BCUT2D eigenvalue weighted by atomic mass is 10.1. The molecular weight excluding hydrogens is 208 g/mol. The summed E-state index contributed by atoms with van der Waals surface area (Å²) in [7, 11) is 0. The Morgan fingerprint density at radius 2 is 1.29 bits per heavy atom. The summed E-state index contributed by atoms with van der Waals surface area (Å²) in [6.07, 6.45) is 14.2. The lowest BCUT2D eigenvalue weighted by molar-refractivity contribution is 0.195. The first-order valence-electron chi connectivity index (χ1n) is 7.61. The van der Waals surface area contributed by atoms with Crippen LogP contribution in [-0.2, 0) is 4.74 Å². The maximum Gasteiger partial charge on any atom is 0.0888 e. The highest BCUT2D eigenvalue weighted by atomic mass is 16.5. The molecular formula is C16H32O. The molecule has 0 atom stereocenters. The average molecular weight is 240 g/mol. The SMILES string of the molecule is C=C(CCCCC)OCCCCCCCCC. The van der Waals surface area contributed by atoms with Crippen LogP contribution in [0.4, 0.5) is 0 Å². The number of ether oxygens (including phenoxy) is 1. The van der Waals surface area contributed by atoms with Crippen LogP contribution in [-0.4, -0.2) is 6.61 Å². The molecule has 0 aliphatic carbocycles. The zero-order valence-corrected chi connectivity index (χ0v) is 12.1. The summed E-state index contributed by atoms with van der Waals surface area (Å²) in [6, 6.07) is 0. The van der Waals surface area contributed by atoms with Gasteiger partial charge < -0.3 is 4.74 Å². The summed E-state index contributed by atoms with van der Waals surface area (Å²) in [5, 5.41) is 0. The van der Waals surface area contributed by atoms with Gasteiger partial charge in [0.25, 0.3) is 0 Å². The van der Waals surface area contributed by atoms with E-state index in [1.165, 1.54) is 64.2 Å². The Morgan fingerprint density at radius 3 is 1.94 bits per heavy atom. The van der Waals surface area contributed by atoms with E-state index in [0.29, 0.717) is 0 Å². The first kappa shape index (κ1) is 16.5. The smallest absolute Gasteiger partial charge is 0.0888 e. The molecule has 0 aliphatic heterocycles. The van der Waals surface area contributed by atoms with Crippen molar-refractivity contribution in [2.75, 3.05) is 6.61 Å². The van der Waals surface area contributed by atoms with Crippen LogP contribution in [0.3, 0.4) is 0 Å². The molecule has 0 rings (SSSR count). The van der Waals surface area contributed by atoms with E-state index in [0.717, 1.165) is 18.8 Å². The topological polar surface area (TPSA) is 9.23 Å². The van der Waals surface area contributed by atoms with E-state index in [4.69, 9.17) is 4.74 Å². The fourth-order valence-corrected chi connectivity index (χ4v) is 1.92. The molecule has 0 fully saturated rings. The first-order chi connectivity index (χ1) is 8.31. The highest BCUT2D eigenvalue weighted by molar-refractivity contribution is 4.81. The molecule has 0 heterocycles. The van der Waals surface area contributed by atoms with Gasteiger partial charge in [-0.15, -0.1) is 0 Å². The molecule has 0 radical (unpaired) electrons. The highest BCUT2D eigenvalue weighted by Gasteiger charge is 1.96. The number of hydrogen-bond donors (Lipinski definition) is 0. The van der Waals surface area contributed by atoms with Gasteiger partial charge in [-0.3, -0.25) is 0 Å². The Kier molecular flexibility index (Phi) is 13.2. The van der Waals surface area contributed by atoms with Crippen molar-refractivity contribution in [3.8, 4) is 0 Å². The summed E-state index contributed by atoms with van der Waals surface area (Å²) in [5.74, 6) is 0.990. The minimum absolute atomic E-state index is 0.874. The van der Waals surface area contributed by atoms with Crippen molar-refractivity contribution in [1.82, 2.24) is 0 Å². The second-order valence-corrected chi connectivity index (χ2v) is 4.97. The molecule has 0 aliphatic rings. The van der Waals surface area contributed by atoms with Crippen LogP contribution in [0.5, 0.6) is 0 Å². The van der Waals surface area contributed by atoms with Crippen molar-refractivity contribution in [2.45, 2.75) is 84.5 Å². The molecule has 0 saturated carbocycles. The summed E-state index contributed by atoms with van der Waals surface area (Å²) in [4.78, 5) is 0. The van der Waals surface area contributed by atoms with Crippen LogP contribution in [0, 0.1) is 0 Å². The highest BCUT2D eigenvalue weighted by Crippen LogP contribution is 2.10. The second-order valence-electron chi connectivity index (χ2n) is 4.97. The second kappa shape index (κ2) is 13.6. The summed E-state index contributed by atoms with van der Waals surface area (Å²) in [5.41, 5.74) is 0. The summed E-state index contributed by atoms with van der Waals surface area (Å²) < 4.78 is 5.62. The fraction of sp³-hybridized carbons (Fsp3) is 0.875. The zero-order chi connectivity index (χ0) is 12.8. The van der Waals surface area contributed by atoms with E-state index < -0.39 is 0 Å². The van der Waals surface area contributed by atoms with E-state index >= 15 is 0 Å². The van der Waals surface area contributed by atoms with Crippen LogP contribution in [0.15, 0.2) is 12.3 Å². The van der Waals surface area contributed by atoms with Crippen molar-refractivity contribution in [3.63, 3.8) is 0 Å². The quantitative estimate of drug-likeness (QED) is 0.290. The van der Waals surface area contributed by atoms with Crippen molar-refractivity contribution in [1.29, 1.82) is 0 Å². The predicted octanol–water partition coefficient (Wildman–Crippen LogP) is 5.85. The molecule has 0 N–H and O–H groups in total. The Morgan fingerprint density at radius 1 is 0.765 bits per heavy atom. The Hall–Kier alpha value is -0.460. The Bertz CT molecular complexity index is 163. The third kappa shape index (κ3) is 13.5. The largest absolute Gasteiger partial charge is 0.499 e. The van der Waals surface area contributed by atoms with Crippen molar-refractivity contribution >= 4 is 0 Å². The molecule has 0 aromatic heterocycles. The van der Waals surface area contributed by atoms with E-state index in [-0.39, 0.29) is 0 Å². The van der Waals surface area contributed by atoms with E-state index in [1.54, 1.807) is 0 Å². The zero-order valence-electron chi connectivity index (χ0n) is 12.1. The van der Waals surface area contributed by atoms with Crippen LogP contribution >= 0.6 is 0 Å². The fourth-order valence-electron chi connectivity index (χ4n) is 1.92. The molecule has 1 nitrogen and oxygen atoms in total. The van der Waals surface area contributed by atoms with Crippen LogP contribution in [0.1, 0.15) is 84.5 Å². The van der Waals surface area contributed by atoms with Crippen molar-refractivity contribution in [2.24, 2.45) is 0 Å². The molecule has 0 bridgehead atoms. The van der Waals surface area contributed by atoms with Gasteiger partial charge >= 0.3 is 0 Å². The van der Waals surface area contributed by atoms with Gasteiger partial charge in [0.05, 0.1) is 12.4 Å². The van der Waals surface area contributed by atoms with E-state index in [2.05, 4.69) is 20.4 Å². The van der Waals surface area contributed by atoms with Gasteiger partial charge in [-0.2, -0.15) is 0 Å². The Balaban J connectivity index is 3.08. The average Bonchev–Trinajstić information content (AvgIpc) is 2.33. The maximum absolute atomic E-state index is 5.62. The van der Waals surface area contributed by atoms with E-state index in [1.807, 2.05) is 0 Å². The molecule has 0 aromatic rings. The third-order valence-electron chi connectivity index (χ3n) is 3.11. The molecule has 17 heavy (non-hydrogen) atoms. The van der Waals surface area contributed by atoms with Crippen LogP contribution in [0.2, 0.25) is 0 Å². The number of hydrogen-bond acceptors (Lipinski definition) is 1. The minimum atomic E-state index is 0.874. The van der Waals surface area contributed by atoms with Gasteiger partial charge in [-0.1, -0.05) is 71.8 Å². The van der Waals surface area contributed by atoms with Gasteiger partial charge in [0.2, 0.25) is 0 Å². The number of unbranched alkanes of at least 4 members (excludes halogenated alkanes) is 8. The van der Waals surface area contributed by atoms with Crippen LogP contribution < -0.4 is 0 Å². The summed E-state index contributed by atoms with van der Waals surface area (Å²) in [6.45, 7) is 9.32. The molecule has 1 heteroatoms. The molecule has 0 unspecified atom stereocenters. The number of rotatable bonds is 13. The lowest BCUT2D eigenvalue weighted by Crippen LogP contribution is -1.94. The number of allylic oxidation sites excluding steroid dienone is 1. The van der Waals surface area contributed by atoms with Crippen LogP contribution in [0.25, 0.3) is 0 Å².